The highest BCUT2D eigenvalue weighted by Crippen LogP contribution is 2.21. The fourth-order valence-electron chi connectivity index (χ4n) is 2.62. The van der Waals surface area contributed by atoms with Crippen molar-refractivity contribution in [3.63, 3.8) is 0 Å². The zero-order chi connectivity index (χ0) is 19.4. The van der Waals surface area contributed by atoms with Gasteiger partial charge in [-0.25, -0.2) is 4.79 Å². The summed E-state index contributed by atoms with van der Waals surface area (Å²) in [6.45, 7) is 0.476. The van der Waals surface area contributed by atoms with Crippen molar-refractivity contribution in [2.45, 2.75) is 6.04 Å². The molecular weight excluding hydrogens is 350 g/mol. The molecule has 0 spiro atoms. The molecule has 0 saturated carbocycles. The maximum Gasteiger partial charge on any atom is 0.316 e. The second-order valence-electron chi connectivity index (χ2n) is 5.91. The van der Waals surface area contributed by atoms with E-state index in [1.54, 1.807) is 18.5 Å². The van der Waals surface area contributed by atoms with Crippen LogP contribution >= 0.6 is 0 Å². The van der Waals surface area contributed by atoms with Crippen molar-refractivity contribution in [3.8, 4) is 17.6 Å². The molecule has 1 heterocycles. The molecule has 0 aliphatic rings. The van der Waals surface area contributed by atoms with Crippen LogP contribution in [0.1, 0.15) is 17.2 Å². The molecule has 1 aromatic heterocycles. The van der Waals surface area contributed by atoms with Crippen LogP contribution in [0.3, 0.4) is 0 Å². The molecule has 0 bridgehead atoms. The largest absolute Gasteiger partial charge is 0.479 e. The van der Waals surface area contributed by atoms with E-state index in [2.05, 4.69) is 27.5 Å². The Bertz CT molecular complexity index is 880. The van der Waals surface area contributed by atoms with E-state index in [4.69, 9.17) is 4.74 Å². The van der Waals surface area contributed by atoms with Gasteiger partial charge in [0.25, 0.3) is 0 Å². The summed E-state index contributed by atoms with van der Waals surface area (Å²) in [6.07, 6.45) is 3.31. The number of benzene rings is 2. The predicted octanol–water partition coefficient (Wildman–Crippen LogP) is 3.55. The number of nitrogens with one attached hydrogen (secondary N) is 2. The van der Waals surface area contributed by atoms with Crippen molar-refractivity contribution >= 4 is 6.03 Å². The van der Waals surface area contributed by atoms with Crippen LogP contribution in [0.15, 0.2) is 85.2 Å². The number of urea groups is 1. The minimum atomic E-state index is -0.278. The SMILES string of the molecule is O=C(NCC#CCOc1cccnc1)NC(c1ccccc1)c1ccccc1. The fourth-order valence-corrected chi connectivity index (χ4v) is 2.62. The van der Waals surface area contributed by atoms with Gasteiger partial charge in [-0.15, -0.1) is 0 Å². The molecule has 2 aromatic carbocycles. The van der Waals surface area contributed by atoms with Crippen molar-refractivity contribution < 1.29 is 9.53 Å². The van der Waals surface area contributed by atoms with E-state index < -0.39 is 0 Å². The van der Waals surface area contributed by atoms with Crippen LogP contribution in [-0.2, 0) is 0 Å². The quantitative estimate of drug-likeness (QED) is 0.652. The number of pyridine rings is 1. The highest BCUT2D eigenvalue weighted by atomic mass is 16.5. The number of carbonyl (C=O) groups excluding carboxylic acids is 1. The molecule has 0 fully saturated rings. The number of carbonyl (C=O) groups is 1. The molecular formula is C23H21N3O2. The lowest BCUT2D eigenvalue weighted by atomic mass is 9.99. The zero-order valence-electron chi connectivity index (χ0n) is 15.3. The number of hydrogen-bond acceptors (Lipinski definition) is 3. The predicted molar refractivity (Wildman–Crippen MR) is 109 cm³/mol. The standard InChI is InChI=1S/C23H21N3O2/c27-23(25-16-7-8-17-28-21-14-9-15-24-18-21)26-22(19-10-3-1-4-11-19)20-12-5-2-6-13-20/h1-6,9-15,18,22H,16-17H2,(H2,25,26,27). The van der Waals surface area contributed by atoms with Gasteiger partial charge in [-0.2, -0.15) is 0 Å². The normalized spacial score (nSPS) is 9.89. The lowest BCUT2D eigenvalue weighted by Crippen LogP contribution is -2.38. The highest BCUT2D eigenvalue weighted by molar-refractivity contribution is 5.75. The monoisotopic (exact) mass is 371 g/mol. The molecule has 3 rings (SSSR count). The minimum absolute atomic E-state index is 0.232. The minimum Gasteiger partial charge on any atom is -0.479 e. The average Bonchev–Trinajstić information content (AvgIpc) is 2.76. The first-order valence-electron chi connectivity index (χ1n) is 8.96. The molecule has 0 radical (unpaired) electrons. The highest BCUT2D eigenvalue weighted by Gasteiger charge is 2.15. The topological polar surface area (TPSA) is 63.2 Å². The van der Waals surface area contributed by atoms with Crippen LogP contribution in [0.2, 0.25) is 0 Å². The van der Waals surface area contributed by atoms with Crippen molar-refractivity contribution in [1.29, 1.82) is 0 Å². The summed E-state index contributed by atoms with van der Waals surface area (Å²) in [7, 11) is 0. The Kier molecular flexibility index (Phi) is 7.05. The summed E-state index contributed by atoms with van der Waals surface area (Å²) in [5.41, 5.74) is 2.03. The number of amides is 2. The van der Waals surface area contributed by atoms with Gasteiger partial charge in [0, 0.05) is 6.20 Å². The van der Waals surface area contributed by atoms with Crippen molar-refractivity contribution in [2.75, 3.05) is 13.2 Å². The van der Waals surface area contributed by atoms with Crippen LogP contribution in [0.4, 0.5) is 4.79 Å². The lowest BCUT2D eigenvalue weighted by molar-refractivity contribution is 0.240. The molecule has 5 nitrogen and oxygen atoms in total. The Balaban J connectivity index is 1.51. The summed E-state index contributed by atoms with van der Waals surface area (Å²) in [5, 5.41) is 5.77. The first kappa shape index (κ1) is 19.0. The van der Waals surface area contributed by atoms with E-state index in [1.165, 1.54) is 0 Å². The summed E-state index contributed by atoms with van der Waals surface area (Å²) in [6, 6.07) is 22.8. The third-order valence-corrected chi connectivity index (χ3v) is 3.95. The molecule has 2 amide bonds. The molecule has 2 N–H and O–H groups in total. The van der Waals surface area contributed by atoms with Crippen molar-refractivity contribution in [2.24, 2.45) is 0 Å². The Labute approximate surface area is 164 Å². The van der Waals surface area contributed by atoms with Gasteiger partial charge in [-0.05, 0) is 23.3 Å². The van der Waals surface area contributed by atoms with Gasteiger partial charge in [0.1, 0.15) is 12.4 Å². The van der Waals surface area contributed by atoms with Crippen molar-refractivity contribution in [3.05, 3.63) is 96.3 Å². The molecule has 140 valence electrons. The Morgan fingerprint density at radius 2 is 1.61 bits per heavy atom. The number of rotatable bonds is 6. The number of ether oxygens (including phenoxy) is 1. The number of aromatic nitrogens is 1. The third kappa shape index (κ3) is 5.89. The van der Waals surface area contributed by atoms with E-state index in [9.17, 15) is 4.79 Å². The molecule has 0 unspecified atom stereocenters. The molecule has 5 heteroatoms. The summed E-state index contributed by atoms with van der Waals surface area (Å²) < 4.78 is 5.43. The van der Waals surface area contributed by atoms with E-state index in [1.807, 2.05) is 66.7 Å². The molecule has 0 atom stereocenters. The van der Waals surface area contributed by atoms with Gasteiger partial charge in [0.2, 0.25) is 0 Å². The summed E-state index contributed by atoms with van der Waals surface area (Å²) in [4.78, 5) is 16.3. The maximum absolute atomic E-state index is 12.3. The van der Waals surface area contributed by atoms with Gasteiger partial charge in [0.15, 0.2) is 0 Å². The van der Waals surface area contributed by atoms with Gasteiger partial charge in [-0.1, -0.05) is 72.5 Å². The van der Waals surface area contributed by atoms with Gasteiger partial charge in [-0.3, -0.25) is 4.98 Å². The molecule has 3 aromatic rings. The lowest BCUT2D eigenvalue weighted by Gasteiger charge is -2.19. The van der Waals surface area contributed by atoms with E-state index >= 15 is 0 Å². The molecule has 28 heavy (non-hydrogen) atoms. The van der Waals surface area contributed by atoms with Gasteiger partial charge < -0.3 is 15.4 Å². The maximum atomic E-state index is 12.3. The zero-order valence-corrected chi connectivity index (χ0v) is 15.3. The Hall–Kier alpha value is -3.78. The van der Waals surface area contributed by atoms with Crippen LogP contribution in [0, 0.1) is 11.8 Å². The third-order valence-electron chi connectivity index (χ3n) is 3.95. The smallest absolute Gasteiger partial charge is 0.316 e. The molecule has 0 saturated heterocycles. The summed E-state index contributed by atoms with van der Waals surface area (Å²) in [5.74, 6) is 6.40. The van der Waals surface area contributed by atoms with Crippen molar-refractivity contribution in [1.82, 2.24) is 15.6 Å². The van der Waals surface area contributed by atoms with E-state index in [-0.39, 0.29) is 25.2 Å². The average molecular weight is 371 g/mol. The second-order valence-corrected chi connectivity index (χ2v) is 5.91. The van der Waals surface area contributed by atoms with Crippen LogP contribution < -0.4 is 15.4 Å². The van der Waals surface area contributed by atoms with Crippen LogP contribution in [-0.4, -0.2) is 24.2 Å². The van der Waals surface area contributed by atoms with Gasteiger partial charge >= 0.3 is 6.03 Å². The van der Waals surface area contributed by atoms with Crippen LogP contribution in [0.5, 0.6) is 5.75 Å². The number of nitrogens with zero attached hydrogens (tertiary/aromatic N) is 1. The van der Waals surface area contributed by atoms with Gasteiger partial charge in [0.05, 0.1) is 18.8 Å². The van der Waals surface area contributed by atoms with Crippen LogP contribution in [0.25, 0.3) is 0 Å². The number of hydrogen-bond donors (Lipinski definition) is 2. The Morgan fingerprint density at radius 3 is 2.21 bits per heavy atom. The molecule has 0 aliphatic carbocycles. The fraction of sp³-hybridized carbons (Fsp3) is 0.130. The van der Waals surface area contributed by atoms with E-state index in [0.717, 1.165) is 11.1 Å². The Morgan fingerprint density at radius 1 is 0.929 bits per heavy atom. The first-order chi connectivity index (χ1) is 13.8. The second kappa shape index (κ2) is 10.4. The first-order valence-corrected chi connectivity index (χ1v) is 8.96. The van der Waals surface area contributed by atoms with E-state index in [0.29, 0.717) is 5.75 Å². The summed E-state index contributed by atoms with van der Waals surface area (Å²) >= 11 is 0. The molecule has 0 aliphatic heterocycles.